The summed E-state index contributed by atoms with van der Waals surface area (Å²) in [5.74, 6) is -0.369. The Kier molecular flexibility index (Phi) is 5.52. The van der Waals surface area contributed by atoms with Crippen LogP contribution in [0.2, 0.25) is 0 Å². The smallest absolute Gasteiger partial charge is 0.223 e. The van der Waals surface area contributed by atoms with Crippen LogP contribution in [-0.2, 0) is 9.59 Å². The van der Waals surface area contributed by atoms with E-state index in [9.17, 15) is 14.7 Å². The van der Waals surface area contributed by atoms with Gasteiger partial charge in [-0.25, -0.2) is 0 Å². The Bertz CT molecular complexity index is 403. The molecule has 0 spiro atoms. The molecule has 0 saturated heterocycles. The van der Waals surface area contributed by atoms with Crippen molar-refractivity contribution in [2.75, 3.05) is 0 Å². The molecule has 4 nitrogen and oxygen atoms in total. The number of rotatable bonds is 6. The number of hydrogen-bond acceptors (Lipinski definition) is 3. The fourth-order valence-electron chi connectivity index (χ4n) is 1.74. The zero-order chi connectivity index (χ0) is 13.5. The first-order chi connectivity index (χ1) is 8.49. The van der Waals surface area contributed by atoms with Crippen LogP contribution in [0.4, 0.5) is 0 Å². The standard InChI is InChI=1S/C14H19NO3/c1-10(16)8-13(17)9-14(18)15-11(2)12-6-4-3-5-7-12/h3-7,11,13,17H,8-9H2,1-2H3,(H,15,18)/t11-,13-/m0/s1. The Morgan fingerprint density at radius 2 is 1.83 bits per heavy atom. The van der Waals surface area contributed by atoms with Gasteiger partial charge in [-0.3, -0.25) is 9.59 Å². The summed E-state index contributed by atoms with van der Waals surface area (Å²) in [6.07, 6.45) is -0.922. The molecule has 4 heteroatoms. The first kappa shape index (κ1) is 14.4. The molecular weight excluding hydrogens is 230 g/mol. The van der Waals surface area contributed by atoms with E-state index in [1.807, 2.05) is 37.3 Å². The second kappa shape index (κ2) is 6.91. The number of carbonyl (C=O) groups excluding carboxylic acids is 2. The van der Waals surface area contributed by atoms with Crippen LogP contribution in [0.3, 0.4) is 0 Å². The van der Waals surface area contributed by atoms with E-state index in [1.54, 1.807) is 0 Å². The highest BCUT2D eigenvalue weighted by molar-refractivity contribution is 5.79. The first-order valence-corrected chi connectivity index (χ1v) is 6.01. The van der Waals surface area contributed by atoms with Gasteiger partial charge in [-0.2, -0.15) is 0 Å². The second-order valence-electron chi connectivity index (χ2n) is 4.46. The minimum absolute atomic E-state index is 0.0210. The average molecular weight is 249 g/mol. The summed E-state index contributed by atoms with van der Waals surface area (Å²) in [5.41, 5.74) is 1.01. The fourth-order valence-corrected chi connectivity index (χ4v) is 1.74. The van der Waals surface area contributed by atoms with Gasteiger partial charge in [0.1, 0.15) is 5.78 Å². The van der Waals surface area contributed by atoms with Gasteiger partial charge in [0.2, 0.25) is 5.91 Å². The molecule has 1 aromatic rings. The summed E-state index contributed by atoms with van der Waals surface area (Å²) in [6, 6.07) is 9.47. The molecule has 0 fully saturated rings. The zero-order valence-electron chi connectivity index (χ0n) is 10.7. The van der Waals surface area contributed by atoms with Crippen molar-refractivity contribution in [3.8, 4) is 0 Å². The van der Waals surface area contributed by atoms with Crippen molar-refractivity contribution >= 4 is 11.7 Å². The number of hydrogen-bond donors (Lipinski definition) is 2. The van der Waals surface area contributed by atoms with E-state index in [2.05, 4.69) is 5.32 Å². The second-order valence-corrected chi connectivity index (χ2v) is 4.46. The quantitative estimate of drug-likeness (QED) is 0.804. The zero-order valence-corrected chi connectivity index (χ0v) is 10.7. The normalized spacial score (nSPS) is 13.7. The predicted molar refractivity (Wildman–Crippen MR) is 68.9 cm³/mol. The Balaban J connectivity index is 2.43. The van der Waals surface area contributed by atoms with Gasteiger partial charge in [-0.15, -0.1) is 0 Å². The summed E-state index contributed by atoms with van der Waals surface area (Å²) in [7, 11) is 0. The van der Waals surface area contributed by atoms with Crippen molar-refractivity contribution in [2.24, 2.45) is 0 Å². The van der Waals surface area contributed by atoms with Crippen LogP contribution in [0.1, 0.15) is 38.3 Å². The Morgan fingerprint density at radius 1 is 1.22 bits per heavy atom. The summed E-state index contributed by atoms with van der Waals surface area (Å²) in [5, 5.41) is 12.3. The molecule has 0 aliphatic heterocycles. The van der Waals surface area contributed by atoms with Crippen LogP contribution in [0.5, 0.6) is 0 Å². The van der Waals surface area contributed by atoms with Crippen molar-refractivity contribution in [1.29, 1.82) is 0 Å². The van der Waals surface area contributed by atoms with Gasteiger partial charge in [-0.05, 0) is 19.4 Å². The molecule has 0 aliphatic rings. The maximum Gasteiger partial charge on any atom is 0.223 e. The molecule has 0 aromatic heterocycles. The van der Waals surface area contributed by atoms with Gasteiger partial charge in [0, 0.05) is 6.42 Å². The maximum absolute atomic E-state index is 11.6. The van der Waals surface area contributed by atoms with E-state index in [1.165, 1.54) is 6.92 Å². The molecule has 1 rings (SSSR count). The minimum Gasteiger partial charge on any atom is -0.392 e. The minimum atomic E-state index is -0.898. The van der Waals surface area contributed by atoms with Crippen LogP contribution in [0.25, 0.3) is 0 Å². The highest BCUT2D eigenvalue weighted by Gasteiger charge is 2.15. The van der Waals surface area contributed by atoms with E-state index in [-0.39, 0.29) is 30.6 Å². The third-order valence-electron chi connectivity index (χ3n) is 2.62. The molecule has 0 heterocycles. The van der Waals surface area contributed by atoms with E-state index >= 15 is 0 Å². The van der Waals surface area contributed by atoms with Gasteiger partial charge in [0.15, 0.2) is 0 Å². The highest BCUT2D eigenvalue weighted by Crippen LogP contribution is 2.11. The summed E-state index contributed by atoms with van der Waals surface area (Å²) in [4.78, 5) is 22.4. The van der Waals surface area contributed by atoms with Gasteiger partial charge in [-0.1, -0.05) is 30.3 Å². The third-order valence-corrected chi connectivity index (χ3v) is 2.62. The van der Waals surface area contributed by atoms with E-state index in [0.717, 1.165) is 5.56 Å². The molecule has 0 aliphatic carbocycles. The number of aliphatic hydroxyl groups excluding tert-OH is 1. The van der Waals surface area contributed by atoms with Crippen molar-refractivity contribution in [3.05, 3.63) is 35.9 Å². The van der Waals surface area contributed by atoms with Crippen molar-refractivity contribution in [2.45, 2.75) is 38.8 Å². The molecule has 2 atom stereocenters. The molecule has 1 amide bonds. The van der Waals surface area contributed by atoms with Crippen molar-refractivity contribution in [3.63, 3.8) is 0 Å². The largest absolute Gasteiger partial charge is 0.392 e. The lowest BCUT2D eigenvalue weighted by atomic mass is 10.1. The molecule has 1 aromatic carbocycles. The topological polar surface area (TPSA) is 66.4 Å². The van der Waals surface area contributed by atoms with E-state index in [4.69, 9.17) is 0 Å². The number of carbonyl (C=O) groups is 2. The average Bonchev–Trinajstić information content (AvgIpc) is 2.28. The molecule has 2 N–H and O–H groups in total. The number of amides is 1. The molecule has 18 heavy (non-hydrogen) atoms. The lowest BCUT2D eigenvalue weighted by Crippen LogP contribution is -2.30. The molecule has 0 saturated carbocycles. The lowest BCUT2D eigenvalue weighted by molar-refractivity contribution is -0.124. The van der Waals surface area contributed by atoms with Gasteiger partial charge >= 0.3 is 0 Å². The van der Waals surface area contributed by atoms with E-state index in [0.29, 0.717) is 0 Å². The van der Waals surface area contributed by atoms with E-state index < -0.39 is 6.10 Å². The number of benzene rings is 1. The predicted octanol–water partition coefficient (Wildman–Crippen LogP) is 1.59. The lowest BCUT2D eigenvalue weighted by Gasteiger charge is -2.15. The Morgan fingerprint density at radius 3 is 2.39 bits per heavy atom. The van der Waals surface area contributed by atoms with Crippen LogP contribution >= 0.6 is 0 Å². The number of Topliss-reactive ketones (excluding diaryl/α,β-unsaturated/α-hetero) is 1. The molecule has 0 bridgehead atoms. The van der Waals surface area contributed by atoms with Gasteiger partial charge in [0.25, 0.3) is 0 Å². The van der Waals surface area contributed by atoms with Crippen LogP contribution in [0.15, 0.2) is 30.3 Å². The Labute approximate surface area is 107 Å². The third kappa shape index (κ3) is 5.10. The maximum atomic E-state index is 11.6. The number of aliphatic hydroxyl groups is 1. The van der Waals surface area contributed by atoms with Gasteiger partial charge < -0.3 is 10.4 Å². The van der Waals surface area contributed by atoms with Crippen LogP contribution in [-0.4, -0.2) is 22.9 Å². The van der Waals surface area contributed by atoms with Crippen molar-refractivity contribution in [1.82, 2.24) is 5.32 Å². The monoisotopic (exact) mass is 249 g/mol. The number of nitrogens with one attached hydrogen (secondary N) is 1. The van der Waals surface area contributed by atoms with Crippen LogP contribution in [0, 0.1) is 0 Å². The molecule has 0 radical (unpaired) electrons. The summed E-state index contributed by atoms with van der Waals surface area (Å²) in [6.45, 7) is 3.28. The molecule has 98 valence electrons. The number of ketones is 1. The van der Waals surface area contributed by atoms with Crippen LogP contribution < -0.4 is 5.32 Å². The molecule has 0 unspecified atom stereocenters. The first-order valence-electron chi connectivity index (χ1n) is 6.01. The molecular formula is C14H19NO3. The SMILES string of the molecule is CC(=O)C[C@H](O)CC(=O)N[C@@H](C)c1ccccc1. The van der Waals surface area contributed by atoms with Crippen molar-refractivity contribution < 1.29 is 14.7 Å². The van der Waals surface area contributed by atoms with Gasteiger partial charge in [0.05, 0.1) is 18.6 Å². The summed E-state index contributed by atoms with van der Waals surface area (Å²) < 4.78 is 0. The summed E-state index contributed by atoms with van der Waals surface area (Å²) >= 11 is 0. The Hall–Kier alpha value is -1.68. The highest BCUT2D eigenvalue weighted by atomic mass is 16.3. The fraction of sp³-hybridized carbons (Fsp3) is 0.429.